The van der Waals surface area contributed by atoms with Gasteiger partial charge in [-0.2, -0.15) is 0 Å². The molecule has 0 aliphatic heterocycles. The Morgan fingerprint density at radius 2 is 1.86 bits per heavy atom. The minimum absolute atomic E-state index is 0.00441. The van der Waals surface area contributed by atoms with Crippen LogP contribution in [0.1, 0.15) is 20.7 Å². The number of nitrogens with one attached hydrogen (secondary N) is 1. The maximum atomic E-state index is 13.9. The molecule has 0 radical (unpaired) electrons. The summed E-state index contributed by atoms with van der Waals surface area (Å²) < 4.78 is 13.9. The van der Waals surface area contributed by atoms with Gasteiger partial charge in [-0.15, -0.1) is 0 Å². The predicted octanol–water partition coefficient (Wildman–Crippen LogP) is 3.02. The monoisotopic (exact) mass is 308 g/mol. The molecule has 1 amide bonds. The number of nitrogens with two attached hydrogens (primary N) is 1. The quantitative estimate of drug-likeness (QED) is 0.809. The van der Waals surface area contributed by atoms with E-state index in [0.717, 1.165) is 6.07 Å². The molecule has 0 spiro atoms. The second-order valence-corrected chi connectivity index (χ2v) is 4.62. The van der Waals surface area contributed by atoms with Crippen LogP contribution in [0.5, 0.6) is 0 Å². The number of benzene rings is 2. The summed E-state index contributed by atoms with van der Waals surface area (Å²) in [7, 11) is 0. The molecule has 4 N–H and O–H groups in total. The first-order valence-corrected chi connectivity index (χ1v) is 6.15. The molecule has 2 aromatic carbocycles. The number of hydrogen-bond donors (Lipinski definition) is 3. The SMILES string of the molecule is NC(=O)c1ccc(Cl)cc1Nc1ccc(C(=O)O)cc1F. The summed E-state index contributed by atoms with van der Waals surface area (Å²) in [6, 6.07) is 7.69. The molecule has 0 saturated heterocycles. The highest BCUT2D eigenvalue weighted by molar-refractivity contribution is 6.31. The Bertz CT molecular complexity index is 734. The second kappa shape index (κ2) is 5.80. The molecular weight excluding hydrogens is 299 g/mol. The number of hydrogen-bond acceptors (Lipinski definition) is 3. The highest BCUT2D eigenvalue weighted by Gasteiger charge is 2.12. The molecule has 0 fully saturated rings. The number of halogens is 2. The number of anilines is 2. The fraction of sp³-hybridized carbons (Fsp3) is 0. The predicted molar refractivity (Wildman–Crippen MR) is 76.6 cm³/mol. The van der Waals surface area contributed by atoms with Gasteiger partial charge in [0.2, 0.25) is 0 Å². The molecule has 0 bridgehead atoms. The number of carboxylic acid groups (broad SMARTS) is 1. The minimum Gasteiger partial charge on any atom is -0.478 e. The Morgan fingerprint density at radius 1 is 1.14 bits per heavy atom. The Balaban J connectivity index is 2.40. The number of aromatic carboxylic acids is 1. The molecule has 7 heteroatoms. The van der Waals surface area contributed by atoms with Crippen molar-refractivity contribution in [3.63, 3.8) is 0 Å². The first-order chi connectivity index (χ1) is 9.88. The lowest BCUT2D eigenvalue weighted by molar-refractivity contribution is 0.0696. The summed E-state index contributed by atoms with van der Waals surface area (Å²) in [5, 5.41) is 11.8. The maximum absolute atomic E-state index is 13.9. The van der Waals surface area contributed by atoms with Crippen molar-refractivity contribution < 1.29 is 19.1 Å². The molecule has 21 heavy (non-hydrogen) atoms. The van der Waals surface area contributed by atoms with E-state index in [0.29, 0.717) is 5.02 Å². The molecular formula is C14H10ClFN2O3. The van der Waals surface area contributed by atoms with E-state index >= 15 is 0 Å². The fourth-order valence-electron chi connectivity index (χ4n) is 1.73. The highest BCUT2D eigenvalue weighted by Crippen LogP contribution is 2.26. The van der Waals surface area contributed by atoms with Gasteiger partial charge in [0.25, 0.3) is 5.91 Å². The molecule has 108 valence electrons. The van der Waals surface area contributed by atoms with E-state index in [1.54, 1.807) is 0 Å². The van der Waals surface area contributed by atoms with Crippen LogP contribution >= 0.6 is 11.6 Å². The number of carbonyl (C=O) groups excluding carboxylic acids is 1. The first-order valence-electron chi connectivity index (χ1n) is 5.77. The molecule has 0 aliphatic rings. The van der Waals surface area contributed by atoms with Crippen molar-refractivity contribution in [2.75, 3.05) is 5.32 Å². The first kappa shape index (κ1) is 14.8. The van der Waals surface area contributed by atoms with Gasteiger partial charge in [-0.05, 0) is 36.4 Å². The van der Waals surface area contributed by atoms with Crippen LogP contribution in [0.15, 0.2) is 36.4 Å². The van der Waals surface area contributed by atoms with Crippen molar-refractivity contribution in [3.05, 3.63) is 58.4 Å². The number of primary amides is 1. The highest BCUT2D eigenvalue weighted by atomic mass is 35.5. The van der Waals surface area contributed by atoms with Crippen molar-refractivity contribution >= 4 is 34.9 Å². The van der Waals surface area contributed by atoms with Gasteiger partial charge >= 0.3 is 5.97 Å². The van der Waals surface area contributed by atoms with Gasteiger partial charge in [-0.1, -0.05) is 11.6 Å². The molecule has 2 aromatic rings. The van der Waals surface area contributed by atoms with E-state index < -0.39 is 17.7 Å². The third kappa shape index (κ3) is 3.29. The van der Waals surface area contributed by atoms with Gasteiger partial charge in [-0.3, -0.25) is 4.79 Å². The Labute approximate surface area is 124 Å². The van der Waals surface area contributed by atoms with Crippen molar-refractivity contribution in [2.24, 2.45) is 5.73 Å². The zero-order chi connectivity index (χ0) is 15.6. The number of carboxylic acids is 1. The molecule has 0 aliphatic carbocycles. The lowest BCUT2D eigenvalue weighted by Crippen LogP contribution is -2.13. The van der Waals surface area contributed by atoms with Crippen LogP contribution in [0, 0.1) is 5.82 Å². The lowest BCUT2D eigenvalue weighted by atomic mass is 10.1. The second-order valence-electron chi connectivity index (χ2n) is 4.18. The third-order valence-electron chi connectivity index (χ3n) is 2.73. The fourth-order valence-corrected chi connectivity index (χ4v) is 1.90. The van der Waals surface area contributed by atoms with Crippen molar-refractivity contribution in [3.8, 4) is 0 Å². The van der Waals surface area contributed by atoms with Gasteiger partial charge < -0.3 is 16.2 Å². The lowest BCUT2D eigenvalue weighted by Gasteiger charge is -2.11. The van der Waals surface area contributed by atoms with Gasteiger partial charge in [0.05, 0.1) is 22.5 Å². The molecule has 0 unspecified atom stereocenters. The number of amides is 1. The number of rotatable bonds is 4. The Hall–Kier alpha value is -2.60. The minimum atomic E-state index is -1.24. The summed E-state index contributed by atoms with van der Waals surface area (Å²) >= 11 is 5.83. The van der Waals surface area contributed by atoms with E-state index in [9.17, 15) is 14.0 Å². The van der Waals surface area contributed by atoms with Crippen LogP contribution in [-0.4, -0.2) is 17.0 Å². The smallest absolute Gasteiger partial charge is 0.335 e. The van der Waals surface area contributed by atoms with Gasteiger partial charge in [-0.25, -0.2) is 9.18 Å². The Kier molecular flexibility index (Phi) is 4.09. The normalized spacial score (nSPS) is 10.2. The summed E-state index contributed by atoms with van der Waals surface area (Å²) in [6.45, 7) is 0. The summed E-state index contributed by atoms with van der Waals surface area (Å²) in [5.74, 6) is -2.71. The largest absolute Gasteiger partial charge is 0.478 e. The summed E-state index contributed by atoms with van der Waals surface area (Å²) in [5.41, 5.74) is 5.42. The Morgan fingerprint density at radius 3 is 2.43 bits per heavy atom. The van der Waals surface area contributed by atoms with E-state index in [1.807, 2.05) is 0 Å². The molecule has 0 heterocycles. The average molecular weight is 309 g/mol. The van der Waals surface area contributed by atoms with Crippen molar-refractivity contribution in [2.45, 2.75) is 0 Å². The van der Waals surface area contributed by atoms with E-state index in [4.69, 9.17) is 22.4 Å². The van der Waals surface area contributed by atoms with E-state index in [2.05, 4.69) is 5.32 Å². The van der Waals surface area contributed by atoms with Crippen LogP contribution in [0.2, 0.25) is 5.02 Å². The van der Waals surface area contributed by atoms with E-state index in [1.165, 1.54) is 30.3 Å². The zero-order valence-corrected chi connectivity index (χ0v) is 11.3. The van der Waals surface area contributed by atoms with Crippen molar-refractivity contribution in [1.82, 2.24) is 0 Å². The maximum Gasteiger partial charge on any atom is 0.335 e. The van der Waals surface area contributed by atoms with Gasteiger partial charge in [0.15, 0.2) is 0 Å². The molecule has 0 saturated carbocycles. The molecule has 0 atom stereocenters. The van der Waals surface area contributed by atoms with Crippen LogP contribution in [0.4, 0.5) is 15.8 Å². The topological polar surface area (TPSA) is 92.4 Å². The van der Waals surface area contributed by atoms with Crippen LogP contribution < -0.4 is 11.1 Å². The van der Waals surface area contributed by atoms with E-state index in [-0.39, 0.29) is 22.5 Å². The van der Waals surface area contributed by atoms with Crippen molar-refractivity contribution in [1.29, 1.82) is 0 Å². The standard InChI is InChI=1S/C14H10ClFN2O3/c15-8-2-3-9(13(17)19)12(6-8)18-11-4-1-7(14(20)21)5-10(11)16/h1-6,18H,(H2,17,19)(H,20,21). The van der Waals surface area contributed by atoms with Gasteiger partial charge in [0, 0.05) is 5.02 Å². The summed E-state index contributed by atoms with van der Waals surface area (Å²) in [6.07, 6.45) is 0. The number of carbonyl (C=O) groups is 2. The molecule has 5 nitrogen and oxygen atoms in total. The molecule has 2 rings (SSSR count). The third-order valence-corrected chi connectivity index (χ3v) is 2.97. The average Bonchev–Trinajstić information content (AvgIpc) is 2.40. The van der Waals surface area contributed by atoms with Gasteiger partial charge in [0.1, 0.15) is 5.82 Å². The zero-order valence-electron chi connectivity index (χ0n) is 10.6. The summed E-state index contributed by atoms with van der Waals surface area (Å²) in [4.78, 5) is 22.1. The van der Waals surface area contributed by atoms with Crippen LogP contribution in [0.25, 0.3) is 0 Å². The van der Waals surface area contributed by atoms with Crippen LogP contribution in [0.3, 0.4) is 0 Å². The molecule has 0 aromatic heterocycles. The van der Waals surface area contributed by atoms with Crippen LogP contribution in [-0.2, 0) is 0 Å².